The van der Waals surface area contributed by atoms with Crippen LogP contribution in [0.4, 0.5) is 0 Å². The summed E-state index contributed by atoms with van der Waals surface area (Å²) in [5.41, 5.74) is 13.7. The highest BCUT2D eigenvalue weighted by atomic mass is 14.2. The Morgan fingerprint density at radius 3 is 2.28 bits per heavy atom. The first-order valence-corrected chi connectivity index (χ1v) is 12.7. The summed E-state index contributed by atoms with van der Waals surface area (Å²) in [4.78, 5) is 0. The fourth-order valence-corrected chi connectivity index (χ4v) is 5.07. The number of rotatable bonds is 6. The van der Waals surface area contributed by atoms with Gasteiger partial charge in [-0.3, -0.25) is 0 Å². The summed E-state index contributed by atoms with van der Waals surface area (Å²) in [7, 11) is 0. The van der Waals surface area contributed by atoms with Crippen LogP contribution in [0.1, 0.15) is 46.7 Å². The second-order valence-electron chi connectivity index (χ2n) is 9.51. The van der Waals surface area contributed by atoms with E-state index in [0.29, 0.717) is 0 Å². The molecule has 0 saturated carbocycles. The summed E-state index contributed by atoms with van der Waals surface area (Å²) in [5.74, 6) is 0. The van der Waals surface area contributed by atoms with Crippen LogP contribution in [-0.4, -0.2) is 0 Å². The van der Waals surface area contributed by atoms with E-state index in [-0.39, 0.29) is 0 Å². The lowest BCUT2D eigenvalue weighted by atomic mass is 9.83. The minimum atomic E-state index is 1.05. The van der Waals surface area contributed by atoms with Crippen LogP contribution in [0.15, 0.2) is 127 Å². The summed E-state index contributed by atoms with van der Waals surface area (Å²) in [6.07, 6.45) is 11.3. The van der Waals surface area contributed by atoms with Crippen molar-refractivity contribution < 1.29 is 0 Å². The van der Waals surface area contributed by atoms with Crippen LogP contribution in [0.3, 0.4) is 0 Å². The van der Waals surface area contributed by atoms with Crippen molar-refractivity contribution in [2.45, 2.75) is 26.7 Å². The molecule has 0 fully saturated rings. The molecule has 0 aromatic heterocycles. The highest BCUT2D eigenvalue weighted by Gasteiger charge is 2.18. The monoisotopic (exact) mass is 464 g/mol. The second kappa shape index (κ2) is 10.6. The largest absolute Gasteiger partial charge is 0.0955 e. The van der Waals surface area contributed by atoms with Crippen LogP contribution in [0.2, 0.25) is 0 Å². The molecule has 4 aromatic rings. The first-order chi connectivity index (χ1) is 17.6. The lowest BCUT2D eigenvalue weighted by molar-refractivity contribution is 0.980. The van der Waals surface area contributed by atoms with E-state index in [1.54, 1.807) is 0 Å². The van der Waals surface area contributed by atoms with Crippen molar-refractivity contribution in [3.05, 3.63) is 160 Å². The van der Waals surface area contributed by atoms with Crippen molar-refractivity contribution in [1.29, 1.82) is 0 Å². The van der Waals surface area contributed by atoms with Gasteiger partial charge in [-0.15, -0.1) is 0 Å². The Hall–Kier alpha value is -4.16. The predicted molar refractivity (Wildman–Crippen MR) is 157 cm³/mol. The van der Waals surface area contributed by atoms with Gasteiger partial charge >= 0.3 is 0 Å². The zero-order valence-electron chi connectivity index (χ0n) is 21.2. The third-order valence-electron chi connectivity index (χ3n) is 6.97. The molecule has 0 saturated heterocycles. The van der Waals surface area contributed by atoms with Crippen molar-refractivity contribution in [3.63, 3.8) is 0 Å². The Morgan fingerprint density at radius 1 is 0.806 bits per heavy atom. The number of fused-ring (bicyclic) bond motifs is 1. The quantitative estimate of drug-likeness (QED) is 0.249. The van der Waals surface area contributed by atoms with Gasteiger partial charge in [0.2, 0.25) is 0 Å². The molecule has 0 radical (unpaired) electrons. The molecule has 0 atom stereocenters. The molecule has 0 bridgehead atoms. The number of hydrogen-bond acceptors (Lipinski definition) is 0. The Bertz CT molecular complexity index is 1480. The molecule has 1 aliphatic rings. The average molecular weight is 465 g/mol. The number of allylic oxidation sites excluding steroid dienone is 4. The molecule has 0 amide bonds. The Kier molecular flexibility index (Phi) is 6.96. The molecule has 176 valence electrons. The highest BCUT2D eigenvalue weighted by Crippen LogP contribution is 2.37. The molecular weight excluding hydrogens is 432 g/mol. The maximum absolute atomic E-state index is 4.41. The molecular formula is C36H32. The molecule has 0 spiro atoms. The van der Waals surface area contributed by atoms with Gasteiger partial charge < -0.3 is 0 Å². The minimum absolute atomic E-state index is 1.05. The molecule has 0 nitrogen and oxygen atoms in total. The van der Waals surface area contributed by atoms with E-state index >= 15 is 0 Å². The van der Waals surface area contributed by atoms with Crippen molar-refractivity contribution in [2.75, 3.05) is 0 Å². The van der Waals surface area contributed by atoms with Crippen LogP contribution in [0.25, 0.3) is 28.9 Å². The van der Waals surface area contributed by atoms with E-state index in [9.17, 15) is 0 Å². The van der Waals surface area contributed by atoms with Gasteiger partial charge in [0, 0.05) is 0 Å². The maximum Gasteiger partial charge on any atom is -0.00333 e. The number of hydrogen-bond donors (Lipinski definition) is 0. The Labute approximate surface area is 215 Å². The van der Waals surface area contributed by atoms with Gasteiger partial charge in [-0.1, -0.05) is 127 Å². The smallest absolute Gasteiger partial charge is 0.00333 e. The summed E-state index contributed by atoms with van der Waals surface area (Å²) < 4.78 is 0. The number of aryl methyl sites for hydroxylation is 1. The SMILES string of the molecule is C=C(C)C(/C=C\c1ccccc1)=C(/c1cccc(-c2ccccc2)c1)c1ccc2c(c1C)C=CCC2. The first kappa shape index (κ1) is 23.6. The summed E-state index contributed by atoms with van der Waals surface area (Å²) >= 11 is 0. The van der Waals surface area contributed by atoms with Crippen molar-refractivity contribution in [2.24, 2.45) is 0 Å². The molecule has 36 heavy (non-hydrogen) atoms. The van der Waals surface area contributed by atoms with Gasteiger partial charge in [0.15, 0.2) is 0 Å². The minimum Gasteiger partial charge on any atom is -0.0955 e. The first-order valence-electron chi connectivity index (χ1n) is 12.7. The summed E-state index contributed by atoms with van der Waals surface area (Å²) in [5, 5.41) is 0. The maximum atomic E-state index is 4.41. The topological polar surface area (TPSA) is 0 Å². The van der Waals surface area contributed by atoms with Gasteiger partial charge in [-0.2, -0.15) is 0 Å². The van der Waals surface area contributed by atoms with Crippen LogP contribution in [0, 0.1) is 6.92 Å². The third-order valence-corrected chi connectivity index (χ3v) is 6.97. The van der Waals surface area contributed by atoms with E-state index in [4.69, 9.17) is 0 Å². The Morgan fingerprint density at radius 2 is 1.53 bits per heavy atom. The van der Waals surface area contributed by atoms with Gasteiger partial charge in [0.25, 0.3) is 0 Å². The molecule has 0 unspecified atom stereocenters. The van der Waals surface area contributed by atoms with E-state index in [1.807, 2.05) is 0 Å². The summed E-state index contributed by atoms with van der Waals surface area (Å²) in [6, 6.07) is 34.6. The molecule has 0 heterocycles. The highest BCUT2D eigenvalue weighted by molar-refractivity contribution is 5.90. The molecule has 0 aliphatic heterocycles. The molecule has 1 aliphatic carbocycles. The van der Waals surface area contributed by atoms with Gasteiger partial charge in [-0.25, -0.2) is 0 Å². The second-order valence-corrected chi connectivity index (χ2v) is 9.51. The van der Waals surface area contributed by atoms with Gasteiger partial charge in [0.1, 0.15) is 0 Å². The van der Waals surface area contributed by atoms with E-state index in [2.05, 4.69) is 142 Å². The lowest BCUT2D eigenvalue weighted by Gasteiger charge is -2.21. The van der Waals surface area contributed by atoms with Crippen LogP contribution in [0.5, 0.6) is 0 Å². The standard InChI is InChI=1S/C36H32/c1-26(2)33(23-21-28-13-6-4-7-14-28)36(35-24-22-30-17-10-11-20-34(30)27(35)3)32-19-12-18-31(25-32)29-15-8-5-9-16-29/h4-9,11-16,18-25H,1,10,17H2,2-3H3/b23-21-,36-33-. The van der Waals surface area contributed by atoms with Crippen LogP contribution >= 0.6 is 0 Å². The molecule has 5 rings (SSSR count). The average Bonchev–Trinajstić information content (AvgIpc) is 2.93. The van der Waals surface area contributed by atoms with Crippen LogP contribution in [-0.2, 0) is 6.42 Å². The number of benzene rings is 4. The van der Waals surface area contributed by atoms with Gasteiger partial charge in [-0.05, 0) is 88.4 Å². The fourth-order valence-electron chi connectivity index (χ4n) is 5.07. The van der Waals surface area contributed by atoms with E-state index < -0.39 is 0 Å². The predicted octanol–water partition coefficient (Wildman–Crippen LogP) is 9.71. The van der Waals surface area contributed by atoms with Gasteiger partial charge in [0.05, 0.1) is 0 Å². The van der Waals surface area contributed by atoms with Crippen molar-refractivity contribution in [3.8, 4) is 11.1 Å². The molecule has 0 N–H and O–H groups in total. The van der Waals surface area contributed by atoms with Crippen molar-refractivity contribution in [1.82, 2.24) is 0 Å². The summed E-state index contributed by atoms with van der Waals surface area (Å²) in [6.45, 7) is 8.79. The molecule has 0 heteroatoms. The molecule has 4 aromatic carbocycles. The zero-order valence-corrected chi connectivity index (χ0v) is 21.2. The zero-order chi connectivity index (χ0) is 24.9. The van der Waals surface area contributed by atoms with Crippen molar-refractivity contribution >= 4 is 17.7 Å². The fraction of sp³-hybridized carbons (Fsp3) is 0.111. The third kappa shape index (κ3) is 4.95. The van der Waals surface area contributed by atoms with E-state index in [1.165, 1.54) is 50.1 Å². The Balaban J connectivity index is 1.75. The lowest BCUT2D eigenvalue weighted by Crippen LogP contribution is -2.03. The normalized spacial score (nSPS) is 13.4. The van der Waals surface area contributed by atoms with Crippen LogP contribution < -0.4 is 0 Å². The van der Waals surface area contributed by atoms with E-state index in [0.717, 1.165) is 24.0 Å².